The highest BCUT2D eigenvalue weighted by Crippen LogP contribution is 2.42. The lowest BCUT2D eigenvalue weighted by Gasteiger charge is -2.40. The Morgan fingerprint density at radius 2 is 1.33 bits per heavy atom. The van der Waals surface area contributed by atoms with Crippen LogP contribution < -0.4 is 43.0 Å². The second kappa shape index (κ2) is 41.6. The maximum atomic E-state index is 14.8. The van der Waals surface area contributed by atoms with E-state index in [2.05, 4.69) is 44.1 Å². The number of carbonyl (C=O) groups excluding carboxylic acids is 10. The number of aliphatic hydroxyl groups is 2. The molecule has 26 nitrogen and oxygen atoms in total. The first-order chi connectivity index (χ1) is 45.3. The second-order valence-corrected chi connectivity index (χ2v) is 26.8. The van der Waals surface area contributed by atoms with Crippen molar-refractivity contribution in [3.05, 3.63) is 65.7 Å². The van der Waals surface area contributed by atoms with Crippen LogP contribution in [0.1, 0.15) is 165 Å². The summed E-state index contributed by atoms with van der Waals surface area (Å²) in [6.45, 7) is 23.4. The van der Waals surface area contributed by atoms with E-state index < -0.39 is 108 Å². The van der Waals surface area contributed by atoms with Gasteiger partial charge in [-0.05, 0) is 104 Å². The lowest BCUT2D eigenvalue weighted by Crippen LogP contribution is -2.59. The predicted octanol–water partition coefficient (Wildman–Crippen LogP) is 6.70. The first kappa shape index (κ1) is 82.8. The molecule has 15 atom stereocenters. The summed E-state index contributed by atoms with van der Waals surface area (Å²) in [5.74, 6) is -5.11. The topological polar surface area (TPSA) is 365 Å². The van der Waals surface area contributed by atoms with Crippen LogP contribution in [0.15, 0.2) is 54.6 Å². The second-order valence-electron chi connectivity index (χ2n) is 26.8. The number of benzene rings is 2. The molecular formula is C70H114N10O16. The van der Waals surface area contributed by atoms with E-state index in [0.717, 1.165) is 19.3 Å². The van der Waals surface area contributed by atoms with E-state index in [1.807, 2.05) is 78.8 Å². The zero-order chi connectivity index (χ0) is 72.1. The Hall–Kier alpha value is -7.42. The van der Waals surface area contributed by atoms with Gasteiger partial charge < -0.3 is 77.0 Å². The molecular weight excluding hydrogens is 1240 g/mol. The molecule has 96 heavy (non-hydrogen) atoms. The number of nitrogens with one attached hydrogen (secondary N) is 7. The Kier molecular flexibility index (Phi) is 35.9. The molecule has 0 aliphatic heterocycles. The fourth-order valence-electron chi connectivity index (χ4n) is 12.4. The summed E-state index contributed by atoms with van der Waals surface area (Å²) in [5.41, 5.74) is 6.80. The van der Waals surface area contributed by atoms with E-state index in [1.165, 1.54) is 19.1 Å². The number of rotatable bonds is 41. The zero-order valence-corrected chi connectivity index (χ0v) is 59.6. The normalized spacial score (nSPS) is 17.9. The minimum atomic E-state index is -1.15. The zero-order valence-electron chi connectivity index (χ0n) is 59.6. The summed E-state index contributed by atoms with van der Waals surface area (Å²) in [5, 5.41) is 39.4. The Morgan fingerprint density at radius 3 is 1.91 bits per heavy atom. The number of carbonyl (C=O) groups is 10. The van der Waals surface area contributed by atoms with Crippen molar-refractivity contribution in [1.82, 2.24) is 41.7 Å². The molecule has 0 saturated heterocycles. The van der Waals surface area contributed by atoms with Crippen molar-refractivity contribution in [2.45, 2.75) is 209 Å². The molecule has 1 saturated carbocycles. The molecule has 0 bridgehead atoms. The molecule has 26 heteroatoms. The van der Waals surface area contributed by atoms with Gasteiger partial charge in [-0.25, -0.2) is 14.4 Å². The number of likely N-dealkylation sites (N-methyl/N-ethyl adjacent to an activating group) is 2. The number of Topliss-reactive ketones (excluding diaryl/α,β-unsaturated/α-hetero) is 1. The van der Waals surface area contributed by atoms with Gasteiger partial charge in [-0.3, -0.25) is 38.5 Å². The van der Waals surface area contributed by atoms with Crippen molar-refractivity contribution in [1.29, 1.82) is 0 Å². The number of alkyl carbamates (subject to hydrolysis) is 1. The molecule has 1 fully saturated rings. The van der Waals surface area contributed by atoms with E-state index in [0.29, 0.717) is 29.7 Å². The molecule has 0 radical (unpaired) electrons. The summed E-state index contributed by atoms with van der Waals surface area (Å²) in [7, 11) is 4.52. The highest BCUT2D eigenvalue weighted by atomic mass is 16.7. The molecule has 0 aromatic heterocycles. The Balaban J connectivity index is 1.64. The summed E-state index contributed by atoms with van der Waals surface area (Å²) < 4.78 is 21.5. The van der Waals surface area contributed by atoms with Gasteiger partial charge in [-0.15, -0.1) is 0 Å². The number of ether oxygens (including phenoxy) is 4. The van der Waals surface area contributed by atoms with Crippen LogP contribution in [0.2, 0.25) is 0 Å². The monoisotopic (exact) mass is 1350 g/mol. The number of nitrogens with zero attached hydrogens (tertiary/aromatic N) is 2. The van der Waals surface area contributed by atoms with Gasteiger partial charge in [0.05, 0.1) is 24.9 Å². The van der Waals surface area contributed by atoms with Crippen molar-refractivity contribution in [2.24, 2.45) is 59.0 Å². The first-order valence-corrected chi connectivity index (χ1v) is 34.1. The van der Waals surface area contributed by atoms with Crippen molar-refractivity contribution >= 4 is 65.1 Å². The molecule has 1 aliphatic rings. The van der Waals surface area contributed by atoms with Crippen LogP contribution in [0, 0.1) is 53.3 Å². The van der Waals surface area contributed by atoms with Gasteiger partial charge in [-0.1, -0.05) is 138 Å². The molecule has 0 heterocycles. The van der Waals surface area contributed by atoms with Crippen LogP contribution >= 0.6 is 0 Å². The number of hydrogen-bond donors (Lipinski definition) is 10. The lowest BCUT2D eigenvalue weighted by molar-refractivity contribution is -0.181. The van der Waals surface area contributed by atoms with E-state index in [9.17, 15) is 58.2 Å². The van der Waals surface area contributed by atoms with E-state index in [1.54, 1.807) is 70.8 Å². The third kappa shape index (κ3) is 26.2. The van der Waals surface area contributed by atoms with Gasteiger partial charge in [0.25, 0.3) is 0 Å². The van der Waals surface area contributed by atoms with Crippen LogP contribution in [-0.2, 0) is 59.1 Å². The Morgan fingerprint density at radius 1 is 0.688 bits per heavy atom. The van der Waals surface area contributed by atoms with Gasteiger partial charge >= 0.3 is 18.2 Å². The number of ketones is 1. The van der Waals surface area contributed by atoms with Crippen LogP contribution in [0.4, 0.5) is 20.1 Å². The van der Waals surface area contributed by atoms with Crippen LogP contribution in [-0.4, -0.2) is 176 Å². The average Bonchev–Trinajstić information content (AvgIpc) is 1.73. The van der Waals surface area contributed by atoms with E-state index >= 15 is 0 Å². The largest absolute Gasteiger partial charge is 0.445 e. The molecule has 3 rings (SSSR count). The summed E-state index contributed by atoms with van der Waals surface area (Å²) >= 11 is 0. The summed E-state index contributed by atoms with van der Waals surface area (Å²) in [4.78, 5) is 138. The number of hydrogen-bond acceptors (Lipinski definition) is 16. The molecule has 0 spiro atoms. The molecule has 10 amide bonds. The molecule has 11 N–H and O–H groups in total. The highest BCUT2D eigenvalue weighted by molar-refractivity contribution is 5.98. The summed E-state index contributed by atoms with van der Waals surface area (Å²) in [6.07, 6.45) is -0.0826. The number of aliphatic hydroxyl groups excluding tert-OH is 2. The number of urea groups is 1. The molecule has 2 aromatic carbocycles. The average molecular weight is 1350 g/mol. The fourth-order valence-corrected chi connectivity index (χ4v) is 12.4. The first-order valence-electron chi connectivity index (χ1n) is 34.1. The molecule has 1 aliphatic carbocycles. The van der Waals surface area contributed by atoms with Gasteiger partial charge in [0, 0.05) is 70.7 Å². The van der Waals surface area contributed by atoms with Crippen LogP contribution in [0.25, 0.3) is 0 Å². The Bertz CT molecular complexity index is 2790. The summed E-state index contributed by atoms with van der Waals surface area (Å²) in [6, 6.07) is 9.58. The number of amides is 10. The SMILES string of the molecule is CCC(CO)OC(COC(=O)NCCC(=O)N[C@@H](C(=O)N[C@H](CCCNC(N)=O)C(=O)Nc1ccc(COC(=O)N(C)[C@H](C(=O)N[C@H](C(=O)N(C)[C@H]([C@H](C)CC(=O)C2CCC[C@H]2[C@H](C)[C@@H](C)C(=O)N[C@H](C)[C@@H](O)c2ccccc2)[C@@H](C)CC)C(C)C)C(C)C)cc1)C(C)C)OC. The van der Waals surface area contributed by atoms with Gasteiger partial charge in [0.15, 0.2) is 6.29 Å². The van der Waals surface area contributed by atoms with E-state index in [-0.39, 0.29) is 118 Å². The molecule has 2 aromatic rings. The van der Waals surface area contributed by atoms with Gasteiger partial charge in [0.1, 0.15) is 43.2 Å². The smallest absolute Gasteiger partial charge is 0.410 e. The minimum Gasteiger partial charge on any atom is -0.445 e. The highest BCUT2D eigenvalue weighted by Gasteiger charge is 2.43. The number of nitrogens with two attached hydrogens (primary N) is 1. The lowest BCUT2D eigenvalue weighted by atomic mass is 9.74. The van der Waals surface area contributed by atoms with Crippen molar-refractivity contribution in [3.8, 4) is 0 Å². The standard InChI is InChI=1S/C70H114N10O16/c1-17-43(9)61(44(10)36-55(82)53-27-22-26-52(53)45(11)46(12)63(85)74-47(13)62(84)49-24-20-19-21-25-49)79(14)67(89)59(41(5)6)78-66(88)60(42(7)8)80(15)70(92)95-38-48-29-31-50(32-30-48)75-64(86)54(28-23-34-72-68(71)90)76-65(87)58(40(3)4)77-56(83)33-35-73-69(91)94-39-57(93-16)96-51(18-2)37-81/h19-21,24-25,29-32,40-47,51-54,57-62,81,84H,17-18,22-23,26-28,33-39H2,1-16H3,(H,73,91)(H,74,85)(H,75,86)(H,76,87)(H,77,83)(H,78,88)(H3,71,72,90)/t43-,44+,45+,46+,47+,51?,52-,53?,54+,57?,58+,59-,60-,61-,62+/m0/s1. The third-order valence-electron chi connectivity index (χ3n) is 18.5. The number of methoxy groups -OCH3 is 1. The quantitative estimate of drug-likeness (QED) is 0.0244. The third-order valence-corrected chi connectivity index (χ3v) is 18.5. The van der Waals surface area contributed by atoms with Crippen molar-refractivity contribution < 1.29 is 77.1 Å². The van der Waals surface area contributed by atoms with Crippen LogP contribution in [0.5, 0.6) is 0 Å². The maximum Gasteiger partial charge on any atom is 0.410 e. The van der Waals surface area contributed by atoms with Gasteiger partial charge in [0.2, 0.25) is 35.4 Å². The van der Waals surface area contributed by atoms with Crippen LogP contribution in [0.3, 0.4) is 0 Å². The Labute approximate surface area is 568 Å². The minimum absolute atomic E-state index is 0.0138. The predicted molar refractivity (Wildman–Crippen MR) is 364 cm³/mol. The van der Waals surface area contributed by atoms with E-state index in [4.69, 9.17) is 24.7 Å². The molecule has 3 unspecified atom stereocenters. The van der Waals surface area contributed by atoms with Crippen molar-refractivity contribution in [2.75, 3.05) is 52.8 Å². The number of anilines is 1. The molecule has 540 valence electrons. The van der Waals surface area contributed by atoms with Crippen molar-refractivity contribution in [3.63, 3.8) is 0 Å². The fraction of sp³-hybridized carbons (Fsp3) is 0.686. The van der Waals surface area contributed by atoms with Gasteiger partial charge in [-0.2, -0.15) is 0 Å². The maximum absolute atomic E-state index is 14.8. The number of primary amides is 1.